The standard InChI is InChI=1S/C14H11F2NO/c15-9-5-6-11(16)10(7-9)13-8-18-14-4-2-1-3-12(14)17-13/h1-7,13,17H,8H2. The molecule has 0 bridgehead atoms. The van der Waals surface area contributed by atoms with Crippen LogP contribution in [-0.2, 0) is 0 Å². The number of halogens is 2. The normalized spacial score (nSPS) is 17.6. The summed E-state index contributed by atoms with van der Waals surface area (Å²) < 4.78 is 32.4. The molecule has 0 radical (unpaired) electrons. The number of anilines is 1. The maximum absolute atomic E-state index is 13.7. The predicted octanol–water partition coefficient (Wildman–Crippen LogP) is 3.51. The lowest BCUT2D eigenvalue weighted by Crippen LogP contribution is -2.24. The third-order valence-electron chi connectivity index (χ3n) is 2.96. The zero-order valence-electron chi connectivity index (χ0n) is 9.49. The van der Waals surface area contributed by atoms with Crippen LogP contribution in [0, 0.1) is 11.6 Å². The fraction of sp³-hybridized carbons (Fsp3) is 0.143. The SMILES string of the molecule is Fc1ccc(F)c(C2COc3ccccc3N2)c1. The summed E-state index contributed by atoms with van der Waals surface area (Å²) in [6.07, 6.45) is 0. The van der Waals surface area contributed by atoms with Crippen LogP contribution in [0.25, 0.3) is 0 Å². The maximum Gasteiger partial charge on any atom is 0.142 e. The lowest BCUT2D eigenvalue weighted by Gasteiger charge is -2.27. The van der Waals surface area contributed by atoms with Crippen LogP contribution in [0.4, 0.5) is 14.5 Å². The van der Waals surface area contributed by atoms with Crippen molar-refractivity contribution in [2.75, 3.05) is 11.9 Å². The number of nitrogens with one attached hydrogen (secondary N) is 1. The Balaban J connectivity index is 1.94. The first-order valence-electron chi connectivity index (χ1n) is 5.67. The van der Waals surface area contributed by atoms with Gasteiger partial charge in [0.05, 0.1) is 11.7 Å². The van der Waals surface area contributed by atoms with Crippen LogP contribution < -0.4 is 10.1 Å². The molecule has 1 aliphatic rings. The van der Waals surface area contributed by atoms with Gasteiger partial charge >= 0.3 is 0 Å². The second-order valence-electron chi connectivity index (χ2n) is 4.17. The van der Waals surface area contributed by atoms with Crippen molar-refractivity contribution in [1.29, 1.82) is 0 Å². The summed E-state index contributed by atoms with van der Waals surface area (Å²) >= 11 is 0. The van der Waals surface area contributed by atoms with Gasteiger partial charge < -0.3 is 10.1 Å². The second kappa shape index (κ2) is 4.29. The largest absolute Gasteiger partial charge is 0.489 e. The third kappa shape index (κ3) is 1.90. The molecule has 1 atom stereocenters. The summed E-state index contributed by atoms with van der Waals surface area (Å²) in [7, 11) is 0. The Hall–Kier alpha value is -2.10. The van der Waals surface area contributed by atoms with Gasteiger partial charge in [0.1, 0.15) is 24.0 Å². The Morgan fingerprint density at radius 1 is 1.11 bits per heavy atom. The number of benzene rings is 2. The summed E-state index contributed by atoms with van der Waals surface area (Å²) in [5.41, 5.74) is 1.07. The Morgan fingerprint density at radius 3 is 2.83 bits per heavy atom. The van der Waals surface area contributed by atoms with Crippen molar-refractivity contribution in [2.45, 2.75) is 6.04 Å². The van der Waals surface area contributed by atoms with Crippen LogP contribution in [0.3, 0.4) is 0 Å². The summed E-state index contributed by atoms with van der Waals surface area (Å²) in [5, 5.41) is 3.15. The summed E-state index contributed by atoms with van der Waals surface area (Å²) in [6.45, 7) is 0.275. The number of para-hydroxylation sites is 2. The van der Waals surface area contributed by atoms with E-state index in [4.69, 9.17) is 4.74 Å². The van der Waals surface area contributed by atoms with E-state index in [2.05, 4.69) is 5.32 Å². The minimum Gasteiger partial charge on any atom is -0.489 e. The average molecular weight is 247 g/mol. The molecule has 92 valence electrons. The van der Waals surface area contributed by atoms with Crippen molar-refractivity contribution < 1.29 is 13.5 Å². The molecule has 18 heavy (non-hydrogen) atoms. The fourth-order valence-corrected chi connectivity index (χ4v) is 2.06. The third-order valence-corrected chi connectivity index (χ3v) is 2.96. The van der Waals surface area contributed by atoms with Gasteiger partial charge in [0, 0.05) is 5.56 Å². The minimum absolute atomic E-state index is 0.275. The molecule has 2 nitrogen and oxygen atoms in total. The Bertz CT molecular complexity index is 586. The highest BCUT2D eigenvalue weighted by Crippen LogP contribution is 2.34. The average Bonchev–Trinajstić information content (AvgIpc) is 2.41. The van der Waals surface area contributed by atoms with Crippen molar-refractivity contribution in [3.63, 3.8) is 0 Å². The van der Waals surface area contributed by atoms with E-state index in [1.54, 1.807) is 0 Å². The van der Waals surface area contributed by atoms with E-state index in [1.165, 1.54) is 6.07 Å². The zero-order chi connectivity index (χ0) is 12.5. The van der Waals surface area contributed by atoms with Crippen molar-refractivity contribution in [2.24, 2.45) is 0 Å². The monoisotopic (exact) mass is 247 g/mol. The van der Waals surface area contributed by atoms with Gasteiger partial charge in [0.15, 0.2) is 0 Å². The molecule has 1 heterocycles. The highest BCUT2D eigenvalue weighted by atomic mass is 19.1. The molecule has 4 heteroatoms. The Morgan fingerprint density at radius 2 is 1.94 bits per heavy atom. The molecule has 3 rings (SSSR count). The van der Waals surface area contributed by atoms with Gasteiger partial charge in [-0.3, -0.25) is 0 Å². The van der Waals surface area contributed by atoms with Gasteiger partial charge in [-0.15, -0.1) is 0 Å². The number of hydrogen-bond donors (Lipinski definition) is 1. The molecular weight excluding hydrogens is 236 g/mol. The first-order valence-corrected chi connectivity index (χ1v) is 5.67. The molecule has 0 saturated carbocycles. The van der Waals surface area contributed by atoms with Gasteiger partial charge in [0.2, 0.25) is 0 Å². The quantitative estimate of drug-likeness (QED) is 0.832. The van der Waals surface area contributed by atoms with Crippen molar-refractivity contribution in [3.8, 4) is 5.75 Å². The van der Waals surface area contributed by atoms with E-state index >= 15 is 0 Å². The first-order chi connectivity index (χ1) is 8.74. The number of fused-ring (bicyclic) bond motifs is 1. The van der Waals surface area contributed by atoms with Crippen LogP contribution in [0.5, 0.6) is 5.75 Å². The topological polar surface area (TPSA) is 21.3 Å². The van der Waals surface area contributed by atoms with Gasteiger partial charge in [-0.25, -0.2) is 8.78 Å². The number of ether oxygens (including phenoxy) is 1. The van der Waals surface area contributed by atoms with E-state index in [-0.39, 0.29) is 18.2 Å². The highest BCUT2D eigenvalue weighted by Gasteiger charge is 2.22. The van der Waals surface area contributed by atoms with Crippen LogP contribution in [0.2, 0.25) is 0 Å². The van der Waals surface area contributed by atoms with E-state index in [9.17, 15) is 8.78 Å². The fourth-order valence-electron chi connectivity index (χ4n) is 2.06. The van der Waals surface area contributed by atoms with Crippen LogP contribution in [0.15, 0.2) is 42.5 Å². The molecule has 1 aliphatic heterocycles. The first kappa shape index (κ1) is 11.0. The molecule has 0 aliphatic carbocycles. The molecule has 2 aromatic carbocycles. The Kier molecular flexibility index (Phi) is 2.63. The summed E-state index contributed by atoms with van der Waals surface area (Å²) in [6, 6.07) is 10.5. The molecule has 0 saturated heterocycles. The van der Waals surface area contributed by atoms with Crippen molar-refractivity contribution in [3.05, 3.63) is 59.7 Å². The lowest BCUT2D eigenvalue weighted by molar-refractivity contribution is 0.283. The maximum atomic E-state index is 13.7. The summed E-state index contributed by atoms with van der Waals surface area (Å²) in [4.78, 5) is 0. The van der Waals surface area contributed by atoms with E-state index in [0.29, 0.717) is 0 Å². The molecule has 0 fully saturated rings. The molecule has 0 spiro atoms. The smallest absolute Gasteiger partial charge is 0.142 e. The second-order valence-corrected chi connectivity index (χ2v) is 4.17. The van der Waals surface area contributed by atoms with Crippen LogP contribution in [0.1, 0.15) is 11.6 Å². The summed E-state index contributed by atoms with van der Waals surface area (Å²) in [5.74, 6) is -0.158. The van der Waals surface area contributed by atoms with Crippen LogP contribution in [-0.4, -0.2) is 6.61 Å². The van der Waals surface area contributed by atoms with Gasteiger partial charge in [-0.1, -0.05) is 12.1 Å². The molecule has 0 amide bonds. The van der Waals surface area contributed by atoms with E-state index in [0.717, 1.165) is 23.6 Å². The highest BCUT2D eigenvalue weighted by molar-refractivity contribution is 5.59. The molecular formula is C14H11F2NO. The van der Waals surface area contributed by atoms with E-state index in [1.807, 2.05) is 24.3 Å². The molecule has 1 unspecified atom stereocenters. The van der Waals surface area contributed by atoms with Crippen LogP contribution >= 0.6 is 0 Å². The van der Waals surface area contributed by atoms with Crippen molar-refractivity contribution in [1.82, 2.24) is 0 Å². The van der Waals surface area contributed by atoms with Crippen molar-refractivity contribution >= 4 is 5.69 Å². The molecule has 2 aromatic rings. The van der Waals surface area contributed by atoms with E-state index < -0.39 is 11.6 Å². The molecule has 1 N–H and O–H groups in total. The lowest BCUT2D eigenvalue weighted by atomic mass is 10.0. The van der Waals surface area contributed by atoms with Gasteiger partial charge in [0.25, 0.3) is 0 Å². The number of hydrogen-bond acceptors (Lipinski definition) is 2. The van der Waals surface area contributed by atoms with Gasteiger partial charge in [-0.2, -0.15) is 0 Å². The number of rotatable bonds is 1. The van der Waals surface area contributed by atoms with Gasteiger partial charge in [-0.05, 0) is 30.3 Å². The zero-order valence-corrected chi connectivity index (χ0v) is 9.49. The molecule has 0 aromatic heterocycles. The predicted molar refractivity (Wildman–Crippen MR) is 64.7 cm³/mol. The minimum atomic E-state index is -0.452. The Labute approximate surface area is 103 Å².